The molecule has 6 nitrogen and oxygen atoms in total. The highest BCUT2D eigenvalue weighted by Gasteiger charge is 2.29. The molecule has 0 bridgehead atoms. The number of hydrogen-bond acceptors (Lipinski definition) is 3. The second-order valence-corrected chi connectivity index (χ2v) is 6.95. The molecule has 0 spiro atoms. The van der Waals surface area contributed by atoms with Crippen LogP contribution in [-0.2, 0) is 24.1 Å². The number of benzene rings is 1. The number of aliphatic carboxylic acids is 1. The summed E-state index contributed by atoms with van der Waals surface area (Å²) in [6.45, 7) is 5.41. The first-order valence-corrected chi connectivity index (χ1v) is 9.16. The van der Waals surface area contributed by atoms with Crippen molar-refractivity contribution in [1.82, 2.24) is 15.1 Å². The molecule has 3 rings (SSSR count). The van der Waals surface area contributed by atoms with Crippen LogP contribution in [0, 0.1) is 5.92 Å². The Bertz CT molecular complexity index is 824. The molecule has 0 aliphatic heterocycles. The molecule has 2 atom stereocenters. The van der Waals surface area contributed by atoms with E-state index in [0.29, 0.717) is 5.69 Å². The van der Waals surface area contributed by atoms with Crippen molar-refractivity contribution in [2.75, 3.05) is 0 Å². The average molecular weight is 355 g/mol. The molecule has 1 heterocycles. The lowest BCUT2D eigenvalue weighted by Crippen LogP contribution is -2.40. The number of nitrogens with zero attached hydrogens (tertiary/aromatic N) is 2. The van der Waals surface area contributed by atoms with Crippen LogP contribution in [0.5, 0.6) is 0 Å². The number of aromatic nitrogens is 2. The fourth-order valence-corrected chi connectivity index (χ4v) is 3.32. The van der Waals surface area contributed by atoms with Gasteiger partial charge in [0.05, 0.1) is 11.6 Å². The zero-order valence-electron chi connectivity index (χ0n) is 15.5. The van der Waals surface area contributed by atoms with Crippen LogP contribution >= 0.6 is 0 Å². The fraction of sp³-hybridized carbons (Fsp3) is 0.450. The summed E-state index contributed by atoms with van der Waals surface area (Å²) in [4.78, 5) is 23.8. The van der Waals surface area contributed by atoms with Gasteiger partial charge in [0.1, 0.15) is 0 Å². The molecule has 2 N–H and O–H groups in total. The van der Waals surface area contributed by atoms with Gasteiger partial charge in [0.25, 0.3) is 5.91 Å². The lowest BCUT2D eigenvalue weighted by atomic mass is 10.0. The van der Waals surface area contributed by atoms with E-state index >= 15 is 0 Å². The molecule has 2 aromatic rings. The molecule has 26 heavy (non-hydrogen) atoms. The summed E-state index contributed by atoms with van der Waals surface area (Å²) in [6, 6.07) is 7.75. The maximum atomic E-state index is 12.7. The molecular weight excluding hydrogens is 330 g/mol. The lowest BCUT2D eigenvalue weighted by Gasteiger charge is -2.17. The highest BCUT2D eigenvalue weighted by atomic mass is 16.4. The molecule has 1 aromatic carbocycles. The van der Waals surface area contributed by atoms with Crippen LogP contribution in [-0.4, -0.2) is 32.8 Å². The first-order chi connectivity index (χ1) is 12.4. The van der Waals surface area contributed by atoms with Crippen molar-refractivity contribution in [2.45, 2.75) is 52.5 Å². The van der Waals surface area contributed by atoms with Crippen molar-refractivity contribution in [3.05, 3.63) is 46.8 Å². The van der Waals surface area contributed by atoms with Gasteiger partial charge in [-0.1, -0.05) is 19.1 Å². The number of rotatable bonds is 6. The van der Waals surface area contributed by atoms with Gasteiger partial charge in [0.15, 0.2) is 5.69 Å². The highest BCUT2D eigenvalue weighted by molar-refractivity contribution is 5.94. The van der Waals surface area contributed by atoms with Crippen LogP contribution in [0.25, 0.3) is 5.69 Å². The molecule has 138 valence electrons. The molecule has 0 fully saturated rings. The number of fused-ring (bicyclic) bond motifs is 1. The SMILES string of the molecule is CCc1ccc(-n2nc(C(=O)NC(C)C(C)C(=O)O)c3c2CCC3)cc1. The zero-order valence-corrected chi connectivity index (χ0v) is 15.5. The third kappa shape index (κ3) is 3.36. The number of aryl methyl sites for hydroxylation is 1. The average Bonchev–Trinajstić information content (AvgIpc) is 3.23. The molecule has 2 unspecified atom stereocenters. The first-order valence-electron chi connectivity index (χ1n) is 9.16. The van der Waals surface area contributed by atoms with Crippen LogP contribution in [0.4, 0.5) is 0 Å². The van der Waals surface area contributed by atoms with Crippen molar-refractivity contribution in [3.8, 4) is 5.69 Å². The predicted molar refractivity (Wildman–Crippen MR) is 98.7 cm³/mol. The standard InChI is InChI=1S/C20H25N3O3/c1-4-14-8-10-15(11-9-14)23-17-7-5-6-16(17)18(22-23)19(24)21-13(3)12(2)20(25)26/h8-13H,4-7H2,1-3H3,(H,21,24)(H,25,26). The topological polar surface area (TPSA) is 84.2 Å². The monoisotopic (exact) mass is 355 g/mol. The quantitative estimate of drug-likeness (QED) is 0.834. The summed E-state index contributed by atoms with van der Waals surface area (Å²) >= 11 is 0. The number of carboxylic acids is 1. The Labute approximate surface area is 153 Å². The van der Waals surface area contributed by atoms with Crippen LogP contribution in [0.2, 0.25) is 0 Å². The van der Waals surface area contributed by atoms with Gasteiger partial charge in [-0.3, -0.25) is 9.59 Å². The summed E-state index contributed by atoms with van der Waals surface area (Å²) in [5.74, 6) is -1.88. The maximum Gasteiger partial charge on any atom is 0.308 e. The highest BCUT2D eigenvalue weighted by Crippen LogP contribution is 2.28. The van der Waals surface area contributed by atoms with E-state index < -0.39 is 17.9 Å². The molecular formula is C20H25N3O3. The van der Waals surface area contributed by atoms with E-state index in [9.17, 15) is 9.59 Å². The number of carbonyl (C=O) groups excluding carboxylic acids is 1. The summed E-state index contributed by atoms with van der Waals surface area (Å²) in [7, 11) is 0. The predicted octanol–water partition coefficient (Wildman–Crippen LogP) is 2.76. The van der Waals surface area contributed by atoms with Crippen LogP contribution in [0.15, 0.2) is 24.3 Å². The third-order valence-corrected chi connectivity index (χ3v) is 5.23. The number of hydrogen-bond donors (Lipinski definition) is 2. The van der Waals surface area contributed by atoms with Gasteiger partial charge in [0, 0.05) is 17.3 Å². The van der Waals surface area contributed by atoms with E-state index in [1.807, 2.05) is 16.8 Å². The zero-order chi connectivity index (χ0) is 18.8. The van der Waals surface area contributed by atoms with Crippen LogP contribution in [0.3, 0.4) is 0 Å². The van der Waals surface area contributed by atoms with E-state index in [-0.39, 0.29) is 5.91 Å². The molecule has 0 saturated carbocycles. The van der Waals surface area contributed by atoms with Crippen molar-refractivity contribution in [2.24, 2.45) is 5.92 Å². The molecule has 6 heteroatoms. The van der Waals surface area contributed by atoms with E-state index in [2.05, 4.69) is 29.5 Å². The van der Waals surface area contributed by atoms with Crippen molar-refractivity contribution in [3.63, 3.8) is 0 Å². The number of amides is 1. The summed E-state index contributed by atoms with van der Waals surface area (Å²) in [6.07, 6.45) is 3.70. The van der Waals surface area contributed by atoms with E-state index in [0.717, 1.165) is 42.6 Å². The van der Waals surface area contributed by atoms with Gasteiger partial charge in [-0.05, 0) is 57.2 Å². The molecule has 1 aromatic heterocycles. The minimum Gasteiger partial charge on any atom is -0.481 e. The minimum atomic E-state index is -0.926. The number of carbonyl (C=O) groups is 2. The van der Waals surface area contributed by atoms with E-state index in [1.165, 1.54) is 5.56 Å². The largest absolute Gasteiger partial charge is 0.481 e. The van der Waals surface area contributed by atoms with Crippen molar-refractivity contribution >= 4 is 11.9 Å². The van der Waals surface area contributed by atoms with Gasteiger partial charge < -0.3 is 10.4 Å². The lowest BCUT2D eigenvalue weighted by molar-refractivity contribution is -0.141. The summed E-state index contributed by atoms with van der Waals surface area (Å²) < 4.78 is 1.86. The normalized spacial score (nSPS) is 15.3. The minimum absolute atomic E-state index is 0.298. The van der Waals surface area contributed by atoms with Crippen LogP contribution < -0.4 is 5.32 Å². The number of nitrogens with one attached hydrogen (secondary N) is 1. The summed E-state index contributed by atoms with van der Waals surface area (Å²) in [5.41, 5.74) is 4.69. The molecule has 1 aliphatic rings. The van der Waals surface area contributed by atoms with Gasteiger partial charge in [-0.15, -0.1) is 0 Å². The van der Waals surface area contributed by atoms with Gasteiger partial charge >= 0.3 is 5.97 Å². The Morgan fingerprint density at radius 1 is 1.23 bits per heavy atom. The smallest absolute Gasteiger partial charge is 0.308 e. The Hall–Kier alpha value is -2.63. The molecule has 1 aliphatic carbocycles. The Balaban J connectivity index is 1.89. The molecule has 0 saturated heterocycles. The number of carboxylic acid groups (broad SMARTS) is 1. The van der Waals surface area contributed by atoms with Crippen LogP contribution in [0.1, 0.15) is 54.5 Å². The van der Waals surface area contributed by atoms with Crippen molar-refractivity contribution in [1.29, 1.82) is 0 Å². The second kappa shape index (κ2) is 7.32. The molecule has 0 radical (unpaired) electrons. The van der Waals surface area contributed by atoms with Crippen molar-refractivity contribution < 1.29 is 14.7 Å². The van der Waals surface area contributed by atoms with Gasteiger partial charge in [-0.25, -0.2) is 4.68 Å². The molecule has 1 amide bonds. The Morgan fingerprint density at radius 3 is 2.54 bits per heavy atom. The first kappa shape index (κ1) is 18.2. The third-order valence-electron chi connectivity index (χ3n) is 5.23. The van der Waals surface area contributed by atoms with Gasteiger partial charge in [0.2, 0.25) is 0 Å². The Kier molecular flexibility index (Phi) is 5.11. The van der Waals surface area contributed by atoms with Gasteiger partial charge in [-0.2, -0.15) is 5.10 Å². The fourth-order valence-electron chi connectivity index (χ4n) is 3.32. The van der Waals surface area contributed by atoms with E-state index in [4.69, 9.17) is 5.11 Å². The maximum absolute atomic E-state index is 12.7. The second-order valence-electron chi connectivity index (χ2n) is 6.95. The van der Waals surface area contributed by atoms with E-state index in [1.54, 1.807) is 13.8 Å². The Morgan fingerprint density at radius 2 is 1.92 bits per heavy atom. The summed E-state index contributed by atoms with van der Waals surface area (Å²) in [5, 5.41) is 16.5.